The van der Waals surface area contributed by atoms with Crippen LogP contribution in [0.25, 0.3) is 0 Å². The van der Waals surface area contributed by atoms with Gasteiger partial charge in [-0.1, -0.05) is 13.8 Å². The molecule has 0 amide bonds. The zero-order chi connectivity index (χ0) is 21.9. The topological polar surface area (TPSA) is 229 Å². The molecule has 168 valence electrons. The number of hydrogen-bond acceptors (Lipinski definition) is 12. The van der Waals surface area contributed by atoms with Gasteiger partial charge in [-0.25, -0.2) is 12.5 Å². The van der Waals surface area contributed by atoms with Crippen molar-refractivity contribution in [2.24, 2.45) is 5.92 Å². The maximum atomic E-state index is 11.1. The first-order valence-corrected chi connectivity index (χ1v) is 11.5. The van der Waals surface area contributed by atoms with Crippen LogP contribution in [-0.4, -0.2) is 87.9 Å². The number of aliphatic hydroxyl groups excluding tert-OH is 1. The molecule has 15 nitrogen and oxygen atoms in total. The summed E-state index contributed by atoms with van der Waals surface area (Å²) in [6, 6.07) is 0. The second kappa shape index (κ2) is 9.53. The number of ether oxygens (including phenoxy) is 2. The summed E-state index contributed by atoms with van der Waals surface area (Å²) in [6.07, 6.45) is -10.2. The summed E-state index contributed by atoms with van der Waals surface area (Å²) in [5.41, 5.74) is 0. The van der Waals surface area contributed by atoms with E-state index in [4.69, 9.17) is 23.1 Å². The third-order valence-electron chi connectivity index (χ3n) is 3.06. The molecule has 1 heterocycles. The molecule has 5 atom stereocenters. The Balaban J connectivity index is 3.26. The molecule has 0 spiro atoms. The molecule has 4 N–H and O–H groups in total. The van der Waals surface area contributed by atoms with E-state index in [-0.39, 0.29) is 12.5 Å². The first kappa shape index (κ1) is 25.5. The zero-order valence-electron chi connectivity index (χ0n) is 14.4. The molecule has 0 aromatic heterocycles. The summed E-state index contributed by atoms with van der Waals surface area (Å²) >= 11 is 0. The van der Waals surface area contributed by atoms with Gasteiger partial charge in [-0.3, -0.25) is 13.7 Å². The minimum atomic E-state index is -5.32. The summed E-state index contributed by atoms with van der Waals surface area (Å²) in [6.45, 7) is 2.17. The largest absolute Gasteiger partial charge is 0.397 e. The van der Waals surface area contributed by atoms with Crippen molar-refractivity contribution in [2.45, 2.75) is 44.6 Å². The second-order valence-corrected chi connectivity index (χ2v) is 9.14. The quantitative estimate of drug-likeness (QED) is 0.248. The van der Waals surface area contributed by atoms with Gasteiger partial charge in [0.1, 0.15) is 24.4 Å². The van der Waals surface area contributed by atoms with Crippen molar-refractivity contribution in [1.82, 2.24) is 0 Å². The van der Waals surface area contributed by atoms with Crippen LogP contribution < -0.4 is 0 Å². The normalized spacial score (nSPS) is 29.9. The molecule has 1 rings (SSSR count). The summed E-state index contributed by atoms with van der Waals surface area (Å²) in [4.78, 5) is 0. The first-order chi connectivity index (χ1) is 12.5. The van der Waals surface area contributed by atoms with Gasteiger partial charge in [0.25, 0.3) is 0 Å². The third kappa shape index (κ3) is 9.33. The Labute approximate surface area is 161 Å². The molecule has 0 aromatic carbocycles. The molecular weight excluding hydrogens is 456 g/mol. The highest BCUT2D eigenvalue weighted by molar-refractivity contribution is 7.81. The van der Waals surface area contributed by atoms with Gasteiger partial charge in [0.05, 0.1) is 13.2 Å². The average molecular weight is 476 g/mol. The average Bonchev–Trinajstić information content (AvgIpc) is 2.45. The van der Waals surface area contributed by atoms with Gasteiger partial charge < -0.3 is 14.6 Å². The number of rotatable bonds is 10. The van der Waals surface area contributed by atoms with Crippen LogP contribution in [0, 0.1) is 5.92 Å². The Morgan fingerprint density at radius 3 is 1.82 bits per heavy atom. The van der Waals surface area contributed by atoms with Gasteiger partial charge in [-0.15, -0.1) is 0 Å². The molecule has 0 unspecified atom stereocenters. The fourth-order valence-corrected chi connectivity index (χ4v) is 3.44. The summed E-state index contributed by atoms with van der Waals surface area (Å²) in [7, 11) is -15.7. The van der Waals surface area contributed by atoms with Gasteiger partial charge in [0, 0.05) is 0 Å². The van der Waals surface area contributed by atoms with E-state index in [9.17, 15) is 30.4 Å². The molecule has 1 aliphatic rings. The minimum absolute atomic E-state index is 0.0595. The van der Waals surface area contributed by atoms with Crippen LogP contribution in [0.2, 0.25) is 0 Å². The summed E-state index contributed by atoms with van der Waals surface area (Å²) < 4.78 is 115. The van der Waals surface area contributed by atoms with E-state index in [2.05, 4.69) is 12.5 Å². The van der Waals surface area contributed by atoms with Gasteiger partial charge in [0.15, 0.2) is 6.29 Å². The van der Waals surface area contributed by atoms with Gasteiger partial charge in [0.2, 0.25) is 0 Å². The predicted octanol–water partition coefficient (Wildman–Crippen LogP) is -2.06. The first-order valence-electron chi connectivity index (χ1n) is 7.37. The van der Waals surface area contributed by atoms with Crippen LogP contribution in [0.15, 0.2) is 0 Å². The van der Waals surface area contributed by atoms with Gasteiger partial charge in [-0.2, -0.15) is 25.3 Å². The second-order valence-electron chi connectivity index (χ2n) is 5.95. The fourth-order valence-electron chi connectivity index (χ4n) is 2.11. The Kier molecular flexibility index (Phi) is 8.69. The van der Waals surface area contributed by atoms with E-state index < -0.39 is 68.5 Å². The van der Waals surface area contributed by atoms with Crippen molar-refractivity contribution in [3.63, 3.8) is 0 Å². The Bertz CT molecular complexity index is 816. The van der Waals surface area contributed by atoms with Crippen molar-refractivity contribution in [3.8, 4) is 0 Å². The van der Waals surface area contributed by atoms with Crippen LogP contribution in [0.3, 0.4) is 0 Å². The number of aliphatic hydroxyl groups is 1. The van der Waals surface area contributed by atoms with E-state index >= 15 is 0 Å². The van der Waals surface area contributed by atoms with Crippen LogP contribution >= 0.6 is 0 Å². The molecule has 0 aliphatic carbocycles. The Morgan fingerprint density at radius 2 is 1.39 bits per heavy atom. The van der Waals surface area contributed by atoms with Crippen LogP contribution in [0.1, 0.15) is 13.8 Å². The van der Waals surface area contributed by atoms with E-state index in [1.54, 1.807) is 13.8 Å². The highest BCUT2D eigenvalue weighted by Gasteiger charge is 2.51. The lowest BCUT2D eigenvalue weighted by molar-refractivity contribution is -0.293. The predicted molar refractivity (Wildman–Crippen MR) is 85.8 cm³/mol. The number of hydrogen-bond donors (Lipinski definition) is 4. The van der Waals surface area contributed by atoms with Crippen molar-refractivity contribution >= 4 is 31.2 Å². The van der Waals surface area contributed by atoms with Gasteiger partial charge in [-0.05, 0) is 5.92 Å². The molecule has 0 aromatic rings. The summed E-state index contributed by atoms with van der Waals surface area (Å²) in [5.74, 6) is -0.115. The van der Waals surface area contributed by atoms with Crippen molar-refractivity contribution in [3.05, 3.63) is 0 Å². The van der Waals surface area contributed by atoms with E-state index in [0.29, 0.717) is 0 Å². The lowest BCUT2D eigenvalue weighted by atomic mass is 9.99. The lowest BCUT2D eigenvalue weighted by Gasteiger charge is -2.42. The van der Waals surface area contributed by atoms with E-state index in [1.165, 1.54) is 0 Å². The van der Waals surface area contributed by atoms with Gasteiger partial charge >= 0.3 is 31.2 Å². The van der Waals surface area contributed by atoms with Crippen molar-refractivity contribution in [1.29, 1.82) is 0 Å². The molecule has 1 aliphatic heterocycles. The lowest BCUT2D eigenvalue weighted by Crippen LogP contribution is -2.62. The molecule has 1 fully saturated rings. The fraction of sp³-hybridized carbons (Fsp3) is 1.00. The minimum Gasteiger partial charge on any atom is -0.385 e. The Hall–Kier alpha value is -0.510. The SMILES string of the molecule is CC(C)CO[C@@H]1O[C@H](COS(=O)(=O)O)[C@H](OS(=O)(=O)O)[C@H](OS(=O)(=O)O)[C@H]1O. The molecule has 1 saturated heterocycles. The molecule has 0 radical (unpaired) electrons. The maximum absolute atomic E-state index is 11.1. The van der Waals surface area contributed by atoms with Crippen LogP contribution in [0.4, 0.5) is 0 Å². The van der Waals surface area contributed by atoms with Crippen molar-refractivity contribution in [2.75, 3.05) is 13.2 Å². The highest BCUT2D eigenvalue weighted by Crippen LogP contribution is 2.29. The molecular formula is C10H20O15S3. The third-order valence-corrected chi connectivity index (χ3v) is 4.42. The molecule has 28 heavy (non-hydrogen) atoms. The summed E-state index contributed by atoms with van der Waals surface area (Å²) in [5, 5.41) is 10.2. The molecule has 0 bridgehead atoms. The van der Waals surface area contributed by atoms with Crippen LogP contribution in [-0.2, 0) is 53.2 Å². The smallest absolute Gasteiger partial charge is 0.385 e. The maximum Gasteiger partial charge on any atom is 0.397 e. The Morgan fingerprint density at radius 1 is 0.893 bits per heavy atom. The standard InChI is InChI=1S/C10H20O15S3/c1-5(2)3-21-10-7(11)9(25-28(18,19)20)8(24-27(15,16)17)6(23-10)4-22-26(12,13)14/h5-11H,3-4H2,1-2H3,(H,12,13,14)(H,15,16,17)(H,18,19,20)/t6-,7-,8+,9-,10-/m1/s1. The monoisotopic (exact) mass is 476 g/mol. The molecule has 18 heteroatoms. The highest BCUT2D eigenvalue weighted by atomic mass is 32.3. The van der Waals surface area contributed by atoms with Crippen LogP contribution in [0.5, 0.6) is 0 Å². The van der Waals surface area contributed by atoms with E-state index in [0.717, 1.165) is 0 Å². The zero-order valence-corrected chi connectivity index (χ0v) is 16.8. The van der Waals surface area contributed by atoms with Crippen molar-refractivity contribution < 1.29 is 66.0 Å². The molecule has 0 saturated carbocycles. The van der Waals surface area contributed by atoms with E-state index in [1.807, 2.05) is 0 Å².